The summed E-state index contributed by atoms with van der Waals surface area (Å²) in [6, 6.07) is 9.67. The first-order valence-corrected chi connectivity index (χ1v) is 7.71. The lowest BCUT2D eigenvalue weighted by Gasteiger charge is -2.23. The lowest BCUT2D eigenvalue weighted by atomic mass is 10.2. The van der Waals surface area contributed by atoms with Gasteiger partial charge in [-0.25, -0.2) is 4.98 Å². The second-order valence-electron chi connectivity index (χ2n) is 5.85. The standard InChI is InChI=1S/C17H21N3O3/c1-19-9-8-13(10-19)20(2)17(21)15-11-23-16(18-15)12-22-14-6-4-3-5-7-14/h3-7,11,13H,8-10,12H2,1-2H3. The van der Waals surface area contributed by atoms with E-state index in [1.165, 1.54) is 6.26 Å². The van der Waals surface area contributed by atoms with Gasteiger partial charge in [-0.2, -0.15) is 0 Å². The molecule has 122 valence electrons. The van der Waals surface area contributed by atoms with Crippen molar-refractivity contribution in [3.63, 3.8) is 0 Å². The molecule has 1 amide bonds. The fraction of sp³-hybridized carbons (Fsp3) is 0.412. The molecule has 0 N–H and O–H groups in total. The van der Waals surface area contributed by atoms with E-state index in [2.05, 4.69) is 16.9 Å². The number of benzene rings is 1. The third-order valence-corrected chi connectivity index (χ3v) is 4.11. The molecule has 1 aliphatic heterocycles. The Balaban J connectivity index is 1.59. The number of aromatic nitrogens is 1. The van der Waals surface area contributed by atoms with E-state index in [1.807, 2.05) is 37.4 Å². The van der Waals surface area contributed by atoms with Gasteiger partial charge in [-0.1, -0.05) is 18.2 Å². The number of likely N-dealkylation sites (N-methyl/N-ethyl adjacent to an activating group) is 2. The molecule has 0 spiro atoms. The summed E-state index contributed by atoms with van der Waals surface area (Å²) in [4.78, 5) is 20.7. The van der Waals surface area contributed by atoms with Crippen molar-refractivity contribution in [3.05, 3.63) is 48.2 Å². The zero-order valence-electron chi connectivity index (χ0n) is 13.4. The summed E-state index contributed by atoms with van der Waals surface area (Å²) in [7, 11) is 3.88. The van der Waals surface area contributed by atoms with Crippen LogP contribution in [0.3, 0.4) is 0 Å². The lowest BCUT2D eigenvalue weighted by Crippen LogP contribution is -2.38. The van der Waals surface area contributed by atoms with Crippen molar-refractivity contribution in [2.24, 2.45) is 0 Å². The van der Waals surface area contributed by atoms with Crippen molar-refractivity contribution in [2.75, 3.05) is 27.2 Å². The van der Waals surface area contributed by atoms with Gasteiger partial charge in [-0.3, -0.25) is 4.79 Å². The van der Waals surface area contributed by atoms with Crippen LogP contribution in [0.1, 0.15) is 22.8 Å². The van der Waals surface area contributed by atoms with Crippen LogP contribution in [0.2, 0.25) is 0 Å². The highest BCUT2D eigenvalue weighted by Gasteiger charge is 2.28. The van der Waals surface area contributed by atoms with E-state index in [9.17, 15) is 4.79 Å². The van der Waals surface area contributed by atoms with Crippen molar-refractivity contribution < 1.29 is 13.9 Å². The summed E-state index contributed by atoms with van der Waals surface area (Å²) in [5.41, 5.74) is 0.328. The summed E-state index contributed by atoms with van der Waals surface area (Å²) in [6.07, 6.45) is 2.39. The van der Waals surface area contributed by atoms with E-state index >= 15 is 0 Å². The third kappa shape index (κ3) is 3.71. The van der Waals surface area contributed by atoms with Gasteiger partial charge in [0.2, 0.25) is 5.89 Å². The molecule has 1 aromatic carbocycles. The topological polar surface area (TPSA) is 58.8 Å². The molecular formula is C17H21N3O3. The highest BCUT2D eigenvalue weighted by molar-refractivity contribution is 5.92. The SMILES string of the molecule is CN1CCC(N(C)C(=O)c2coc(COc3ccccc3)n2)C1. The predicted octanol–water partition coefficient (Wildman–Crippen LogP) is 2.03. The molecule has 0 saturated carbocycles. The summed E-state index contributed by atoms with van der Waals surface area (Å²) in [5.74, 6) is 1.03. The van der Waals surface area contributed by atoms with Gasteiger partial charge in [0.15, 0.2) is 12.3 Å². The van der Waals surface area contributed by atoms with Gasteiger partial charge in [0.25, 0.3) is 5.91 Å². The lowest BCUT2D eigenvalue weighted by molar-refractivity contribution is 0.0731. The highest BCUT2D eigenvalue weighted by Crippen LogP contribution is 2.16. The Morgan fingerprint density at radius 2 is 2.22 bits per heavy atom. The van der Waals surface area contributed by atoms with Crippen LogP contribution in [0, 0.1) is 0 Å². The van der Waals surface area contributed by atoms with E-state index in [1.54, 1.807) is 4.90 Å². The summed E-state index contributed by atoms with van der Waals surface area (Å²) >= 11 is 0. The van der Waals surface area contributed by atoms with E-state index in [0.29, 0.717) is 11.6 Å². The van der Waals surface area contributed by atoms with E-state index < -0.39 is 0 Å². The van der Waals surface area contributed by atoms with Crippen LogP contribution in [0.4, 0.5) is 0 Å². The largest absolute Gasteiger partial charge is 0.484 e. The Morgan fingerprint density at radius 3 is 2.91 bits per heavy atom. The maximum Gasteiger partial charge on any atom is 0.275 e. The molecule has 2 aromatic rings. The monoisotopic (exact) mass is 315 g/mol. The minimum atomic E-state index is -0.111. The highest BCUT2D eigenvalue weighted by atomic mass is 16.5. The fourth-order valence-electron chi connectivity index (χ4n) is 2.71. The zero-order chi connectivity index (χ0) is 16.2. The second-order valence-corrected chi connectivity index (χ2v) is 5.85. The van der Waals surface area contributed by atoms with Crippen molar-refractivity contribution in [3.8, 4) is 5.75 Å². The van der Waals surface area contributed by atoms with E-state index in [0.717, 1.165) is 25.3 Å². The number of hydrogen-bond acceptors (Lipinski definition) is 5. The number of nitrogens with zero attached hydrogens (tertiary/aromatic N) is 3. The molecule has 0 bridgehead atoms. The average molecular weight is 315 g/mol. The Hall–Kier alpha value is -2.34. The molecular weight excluding hydrogens is 294 g/mol. The molecule has 3 rings (SSSR count). The number of amides is 1. The number of carbonyl (C=O) groups excluding carboxylic acids is 1. The normalized spacial score (nSPS) is 18.1. The van der Waals surface area contributed by atoms with Gasteiger partial charge in [0, 0.05) is 19.6 Å². The number of oxazole rings is 1. The Kier molecular flexibility index (Phi) is 4.62. The number of carbonyl (C=O) groups is 1. The molecule has 1 saturated heterocycles. The van der Waals surface area contributed by atoms with Gasteiger partial charge < -0.3 is 19.0 Å². The van der Waals surface area contributed by atoms with Crippen LogP contribution in [0.25, 0.3) is 0 Å². The second kappa shape index (κ2) is 6.83. The third-order valence-electron chi connectivity index (χ3n) is 4.11. The molecule has 2 heterocycles. The summed E-state index contributed by atoms with van der Waals surface area (Å²) in [6.45, 7) is 2.11. The van der Waals surface area contributed by atoms with Gasteiger partial charge in [-0.05, 0) is 32.1 Å². The molecule has 6 nitrogen and oxygen atoms in total. The van der Waals surface area contributed by atoms with Gasteiger partial charge in [-0.15, -0.1) is 0 Å². The number of ether oxygens (including phenoxy) is 1. The molecule has 0 aliphatic carbocycles. The van der Waals surface area contributed by atoms with Crippen LogP contribution < -0.4 is 4.74 Å². The van der Waals surface area contributed by atoms with Gasteiger partial charge in [0.05, 0.1) is 0 Å². The van der Waals surface area contributed by atoms with Crippen molar-refractivity contribution in [1.82, 2.24) is 14.8 Å². The van der Waals surface area contributed by atoms with E-state index in [-0.39, 0.29) is 18.6 Å². The zero-order valence-corrected chi connectivity index (χ0v) is 13.4. The first kappa shape index (κ1) is 15.6. The first-order chi connectivity index (χ1) is 11.1. The Morgan fingerprint density at radius 1 is 1.43 bits per heavy atom. The van der Waals surface area contributed by atoms with E-state index in [4.69, 9.17) is 9.15 Å². The summed E-state index contributed by atoms with van der Waals surface area (Å²) in [5, 5.41) is 0. The smallest absolute Gasteiger partial charge is 0.275 e. The van der Waals surface area contributed by atoms with Crippen LogP contribution >= 0.6 is 0 Å². The minimum Gasteiger partial charge on any atom is -0.484 e. The molecule has 1 atom stereocenters. The first-order valence-electron chi connectivity index (χ1n) is 7.71. The van der Waals surface area contributed by atoms with Crippen LogP contribution in [-0.2, 0) is 6.61 Å². The molecule has 1 unspecified atom stereocenters. The maximum absolute atomic E-state index is 12.5. The van der Waals surface area contributed by atoms with Crippen molar-refractivity contribution >= 4 is 5.91 Å². The number of para-hydroxylation sites is 1. The van der Waals surface area contributed by atoms with Crippen molar-refractivity contribution in [2.45, 2.75) is 19.1 Å². The number of likely N-dealkylation sites (tertiary alicyclic amines) is 1. The number of rotatable bonds is 5. The maximum atomic E-state index is 12.5. The minimum absolute atomic E-state index is 0.111. The molecule has 6 heteroatoms. The number of hydrogen-bond donors (Lipinski definition) is 0. The molecule has 1 fully saturated rings. The molecule has 1 aromatic heterocycles. The van der Waals surface area contributed by atoms with Crippen LogP contribution in [0.5, 0.6) is 5.75 Å². The quantitative estimate of drug-likeness (QED) is 0.845. The molecule has 23 heavy (non-hydrogen) atoms. The molecule has 1 aliphatic rings. The van der Waals surface area contributed by atoms with Gasteiger partial charge >= 0.3 is 0 Å². The predicted molar refractivity (Wildman–Crippen MR) is 85.3 cm³/mol. The van der Waals surface area contributed by atoms with Crippen LogP contribution in [0.15, 0.2) is 41.0 Å². The van der Waals surface area contributed by atoms with Crippen molar-refractivity contribution in [1.29, 1.82) is 0 Å². The Bertz CT molecular complexity index is 656. The average Bonchev–Trinajstić information content (AvgIpc) is 3.21. The Labute approximate surface area is 135 Å². The molecule has 0 radical (unpaired) electrons. The summed E-state index contributed by atoms with van der Waals surface area (Å²) < 4.78 is 10.9. The van der Waals surface area contributed by atoms with Gasteiger partial charge in [0.1, 0.15) is 12.0 Å². The van der Waals surface area contributed by atoms with Crippen LogP contribution in [-0.4, -0.2) is 53.9 Å². The fourth-order valence-corrected chi connectivity index (χ4v) is 2.71.